The quantitative estimate of drug-likeness (QED) is 0.0625. The Kier molecular flexibility index (Phi) is 11.2. The second kappa shape index (κ2) is 14.3. The molecule has 0 aliphatic carbocycles. The summed E-state index contributed by atoms with van der Waals surface area (Å²) in [6, 6.07) is 0. The zero-order valence-electron chi connectivity index (χ0n) is 24.2. The van der Waals surface area contributed by atoms with E-state index in [4.69, 9.17) is 18.9 Å². The smallest absolute Gasteiger partial charge is 0.463 e. The van der Waals surface area contributed by atoms with Crippen molar-refractivity contribution in [3.8, 4) is 0 Å². The van der Waals surface area contributed by atoms with Gasteiger partial charge in [-0.05, 0) is 26.7 Å². The molecule has 0 spiro atoms. The van der Waals surface area contributed by atoms with Gasteiger partial charge < -0.3 is 49.2 Å². The first-order valence-electron chi connectivity index (χ1n) is 14.1. The number of rotatable bonds is 12. The lowest BCUT2D eigenvalue weighted by Gasteiger charge is -2.42. The SMILES string of the molecule is C[C@H](CCCCC(=O)OC[C@H]1O[C@H](n2c(=O)[nH]c3c(=O)[nH]c(=O)[nH]c32)[C@H](O)[C@@H](OP(=O)(O)O)[C@@H]1O)O[C@@H]1O[C@@H](C)[C@H](O)C[C@H]1O. The lowest BCUT2D eigenvalue weighted by atomic mass is 9.98. The molecule has 0 radical (unpaired) electrons. The molecule has 10 atom stereocenters. The predicted molar refractivity (Wildman–Crippen MR) is 148 cm³/mol. The van der Waals surface area contributed by atoms with Crippen molar-refractivity contribution in [3.63, 3.8) is 0 Å². The van der Waals surface area contributed by atoms with Gasteiger partial charge in [0.25, 0.3) is 5.56 Å². The number of hydrogen-bond donors (Lipinski definition) is 9. The summed E-state index contributed by atoms with van der Waals surface area (Å²) < 4.78 is 38.7. The van der Waals surface area contributed by atoms with E-state index in [0.29, 0.717) is 23.8 Å². The Morgan fingerprint density at radius 2 is 1.76 bits per heavy atom. The Bertz CT molecular complexity index is 1550. The molecule has 2 aromatic heterocycles. The van der Waals surface area contributed by atoms with Crippen molar-refractivity contribution in [2.75, 3.05) is 6.61 Å². The van der Waals surface area contributed by atoms with Crippen LogP contribution in [0.3, 0.4) is 0 Å². The molecule has 21 heteroatoms. The molecule has 2 aromatic rings. The molecule has 0 bridgehead atoms. The summed E-state index contributed by atoms with van der Waals surface area (Å²) in [5.41, 5.74) is -3.92. The van der Waals surface area contributed by atoms with Crippen molar-refractivity contribution in [2.24, 2.45) is 0 Å². The molecule has 20 nitrogen and oxygen atoms in total. The molecule has 0 amide bonds. The van der Waals surface area contributed by atoms with E-state index >= 15 is 0 Å². The molecule has 254 valence electrons. The third-order valence-corrected chi connectivity index (χ3v) is 8.01. The number of fused-ring (bicyclic) bond motifs is 1. The Morgan fingerprint density at radius 3 is 2.44 bits per heavy atom. The monoisotopic (exact) mass is 668 g/mol. The van der Waals surface area contributed by atoms with Gasteiger partial charge in [-0.15, -0.1) is 0 Å². The highest BCUT2D eigenvalue weighted by Crippen LogP contribution is 2.43. The first-order valence-corrected chi connectivity index (χ1v) is 15.6. The van der Waals surface area contributed by atoms with Gasteiger partial charge in [-0.3, -0.25) is 29.1 Å². The number of ether oxygens (including phenoxy) is 4. The van der Waals surface area contributed by atoms with E-state index in [2.05, 4.69) is 14.5 Å². The van der Waals surface area contributed by atoms with Gasteiger partial charge in [0, 0.05) is 12.8 Å². The summed E-state index contributed by atoms with van der Waals surface area (Å²) in [5.74, 6) is -0.733. The first-order chi connectivity index (χ1) is 21.1. The van der Waals surface area contributed by atoms with Gasteiger partial charge in [-0.1, -0.05) is 6.42 Å². The van der Waals surface area contributed by atoms with Gasteiger partial charge in [0.15, 0.2) is 23.7 Å². The molecule has 0 unspecified atom stereocenters. The average Bonchev–Trinajstić information content (AvgIpc) is 3.27. The molecular weight excluding hydrogens is 631 g/mol. The molecule has 2 saturated heterocycles. The minimum absolute atomic E-state index is 0.0816. The summed E-state index contributed by atoms with van der Waals surface area (Å²) in [5, 5.41) is 41.4. The molecule has 45 heavy (non-hydrogen) atoms. The minimum atomic E-state index is -5.33. The van der Waals surface area contributed by atoms with Crippen LogP contribution in [0.1, 0.15) is 52.2 Å². The number of phosphoric ester groups is 1. The number of hydrogen-bond acceptors (Lipinski definition) is 14. The highest BCUT2D eigenvalue weighted by Gasteiger charge is 2.50. The fourth-order valence-corrected chi connectivity index (χ4v) is 5.71. The van der Waals surface area contributed by atoms with E-state index in [0.717, 1.165) is 0 Å². The number of aromatic amines is 3. The molecule has 2 aliphatic heterocycles. The van der Waals surface area contributed by atoms with Crippen LogP contribution in [0.5, 0.6) is 0 Å². The number of carbonyl (C=O) groups is 1. The second-order valence-corrected chi connectivity index (χ2v) is 12.2. The number of H-pyrrole nitrogens is 3. The summed E-state index contributed by atoms with van der Waals surface area (Å²) in [6.07, 6.45) is -11.8. The maximum Gasteiger partial charge on any atom is 0.470 e. The van der Waals surface area contributed by atoms with Crippen molar-refractivity contribution in [2.45, 2.75) is 107 Å². The standard InChI is InChI=1S/C24H37N4O16P/c1-9(41-22-12(30)7-11(29)10(2)42-22)5-3-4-6-14(31)40-8-13-16(32)18(44-45(37,38)39)17(33)21(43-13)28-19-15(25-24(28)36)20(34)27-23(35)26-19/h9-13,16-18,21-22,29-30,32-33H,3-8H2,1-2H3,(H,25,36)(H2,37,38,39)(H2,26,27,34,35)/t9-,10+,11-,12-,13-,16-,17-,18+,21+,22-/m1/s1. The van der Waals surface area contributed by atoms with Crippen LogP contribution >= 0.6 is 7.82 Å². The number of imidazole rings is 1. The average molecular weight is 669 g/mol. The number of esters is 1. The fraction of sp³-hybridized carbons (Fsp3) is 0.750. The summed E-state index contributed by atoms with van der Waals surface area (Å²) in [6.45, 7) is 2.73. The van der Waals surface area contributed by atoms with Crippen LogP contribution in [0, 0.1) is 0 Å². The summed E-state index contributed by atoms with van der Waals surface area (Å²) >= 11 is 0. The minimum Gasteiger partial charge on any atom is -0.463 e. The van der Waals surface area contributed by atoms with E-state index in [1.165, 1.54) is 0 Å². The zero-order chi connectivity index (χ0) is 33.2. The molecule has 4 heterocycles. The molecule has 2 fully saturated rings. The van der Waals surface area contributed by atoms with Crippen molar-refractivity contribution >= 4 is 25.0 Å². The predicted octanol–water partition coefficient (Wildman–Crippen LogP) is -2.83. The van der Waals surface area contributed by atoms with Crippen LogP contribution in [-0.2, 0) is 32.8 Å². The maximum absolute atomic E-state index is 12.7. The maximum atomic E-state index is 12.7. The Hall–Kier alpha value is -2.75. The number of carbonyl (C=O) groups excluding carboxylic acids is 1. The number of aliphatic hydroxyl groups is 4. The molecule has 4 rings (SSSR count). The Morgan fingerprint density at radius 1 is 1.04 bits per heavy atom. The number of nitrogens with zero attached hydrogens (tertiary/aromatic N) is 1. The van der Waals surface area contributed by atoms with Gasteiger partial charge in [-0.25, -0.2) is 18.7 Å². The number of nitrogens with one attached hydrogen (secondary N) is 3. The first kappa shape index (κ1) is 35.1. The number of phosphoric acid groups is 1. The van der Waals surface area contributed by atoms with Crippen LogP contribution < -0.4 is 16.9 Å². The number of aliphatic hydroxyl groups excluding tert-OH is 4. The van der Waals surface area contributed by atoms with E-state index in [1.807, 2.05) is 4.98 Å². The van der Waals surface area contributed by atoms with E-state index in [-0.39, 0.29) is 18.9 Å². The largest absolute Gasteiger partial charge is 0.470 e. The zero-order valence-corrected chi connectivity index (χ0v) is 25.1. The third-order valence-electron chi connectivity index (χ3n) is 7.49. The highest BCUT2D eigenvalue weighted by molar-refractivity contribution is 7.46. The normalized spacial score (nSPS) is 31.6. The van der Waals surface area contributed by atoms with Gasteiger partial charge >= 0.3 is 25.2 Å². The van der Waals surface area contributed by atoms with Crippen molar-refractivity contribution in [1.82, 2.24) is 19.5 Å². The van der Waals surface area contributed by atoms with Crippen molar-refractivity contribution in [1.29, 1.82) is 0 Å². The van der Waals surface area contributed by atoms with Gasteiger partial charge in [0.1, 0.15) is 37.1 Å². The van der Waals surface area contributed by atoms with E-state index < -0.39 is 104 Å². The van der Waals surface area contributed by atoms with Crippen LogP contribution in [0.25, 0.3) is 11.2 Å². The van der Waals surface area contributed by atoms with Crippen molar-refractivity contribution < 1.29 is 63.0 Å². The molecule has 2 aliphatic rings. The van der Waals surface area contributed by atoms with Gasteiger partial charge in [0.2, 0.25) is 0 Å². The van der Waals surface area contributed by atoms with E-state index in [9.17, 15) is 54.0 Å². The fourth-order valence-electron chi connectivity index (χ4n) is 5.14. The highest BCUT2D eigenvalue weighted by atomic mass is 31.2. The second-order valence-electron chi connectivity index (χ2n) is 11.0. The molecule has 9 N–H and O–H groups in total. The van der Waals surface area contributed by atoms with Gasteiger partial charge in [0.05, 0.1) is 18.3 Å². The lowest BCUT2D eigenvalue weighted by Crippen LogP contribution is -2.58. The van der Waals surface area contributed by atoms with Crippen LogP contribution in [0.2, 0.25) is 0 Å². The van der Waals surface area contributed by atoms with Crippen molar-refractivity contribution in [3.05, 3.63) is 31.3 Å². The Labute approximate surface area is 253 Å². The number of unbranched alkanes of at least 4 members (excludes halogenated alkanes) is 1. The third kappa shape index (κ3) is 8.54. The van der Waals surface area contributed by atoms with Gasteiger partial charge in [-0.2, -0.15) is 0 Å². The van der Waals surface area contributed by atoms with E-state index in [1.54, 1.807) is 13.8 Å². The molecule has 0 saturated carbocycles. The molecule has 0 aromatic carbocycles. The lowest BCUT2D eigenvalue weighted by molar-refractivity contribution is -0.273. The molecular formula is C24H37N4O16P. The van der Waals surface area contributed by atoms with Crippen LogP contribution in [0.15, 0.2) is 14.4 Å². The summed E-state index contributed by atoms with van der Waals surface area (Å²) in [4.78, 5) is 74.1. The van der Waals surface area contributed by atoms with Crippen LogP contribution in [-0.4, -0.2) is 117 Å². The Balaban J connectivity index is 1.36. The topological polar surface area (TPSA) is 305 Å². The van der Waals surface area contributed by atoms with Crippen LogP contribution in [0.4, 0.5) is 0 Å². The number of aromatic nitrogens is 4. The summed E-state index contributed by atoms with van der Waals surface area (Å²) in [7, 11) is -5.33.